The Hall–Kier alpha value is -2.53. The van der Waals surface area contributed by atoms with E-state index in [1.54, 1.807) is 24.3 Å². The van der Waals surface area contributed by atoms with E-state index in [-0.39, 0.29) is 16.8 Å². The zero-order valence-corrected chi connectivity index (χ0v) is 25.1. The molecule has 0 atom stereocenters. The summed E-state index contributed by atoms with van der Waals surface area (Å²) in [5, 5.41) is 5.96. The van der Waals surface area contributed by atoms with Crippen molar-refractivity contribution in [2.45, 2.75) is 49.5 Å². The molecule has 1 saturated carbocycles. The predicted molar refractivity (Wildman–Crippen MR) is 137 cm³/mol. The molecule has 2 aromatic rings. The molecule has 3 N–H and O–H groups in total. The van der Waals surface area contributed by atoms with Gasteiger partial charge in [-0.1, -0.05) is 43.0 Å². The van der Waals surface area contributed by atoms with Gasteiger partial charge >= 0.3 is 27.1 Å². The molecule has 0 heterocycles. The normalized spacial score (nSPS) is 13.4. The first-order chi connectivity index (χ1) is 18.8. The molecule has 1 aliphatic rings. The number of carbonyl (C=O) groups is 2. The van der Waals surface area contributed by atoms with Gasteiger partial charge in [0.25, 0.3) is 15.9 Å². The second-order valence-corrected chi connectivity index (χ2v) is 11.3. The molecule has 0 saturated heterocycles. The minimum absolute atomic E-state index is 0.00209. The molecule has 0 aliphatic heterocycles. The zero-order chi connectivity index (χ0) is 30.3. The Balaban J connectivity index is 0.00000103. The number of urea groups is 1. The van der Waals surface area contributed by atoms with Gasteiger partial charge in [-0.25, -0.2) is 17.9 Å². The van der Waals surface area contributed by atoms with Crippen molar-refractivity contribution in [3.05, 3.63) is 58.6 Å². The number of methoxy groups -OCH3 is 1. The number of hydrogen-bond acceptors (Lipinski definition) is 10. The Kier molecular flexibility index (Phi) is 15.4. The number of rotatable bonds is 8. The third kappa shape index (κ3) is 13.7. The number of halogens is 1. The topological polar surface area (TPSA) is 211 Å². The molecular formula is C23H28ClN3O10S2V. The van der Waals surface area contributed by atoms with E-state index in [0.717, 1.165) is 55.0 Å². The Morgan fingerprint density at radius 2 is 1.57 bits per heavy atom. The summed E-state index contributed by atoms with van der Waals surface area (Å²) in [6.07, 6.45) is 5.43. The molecule has 0 radical (unpaired) electrons. The van der Waals surface area contributed by atoms with Crippen molar-refractivity contribution in [1.82, 2.24) is 15.4 Å². The summed E-state index contributed by atoms with van der Waals surface area (Å²) in [6, 6.07) is 10.3. The van der Waals surface area contributed by atoms with Crippen LogP contribution < -0.4 is 20.1 Å². The minimum atomic E-state index is -5.17. The van der Waals surface area contributed by atoms with Gasteiger partial charge < -0.3 is 24.5 Å². The van der Waals surface area contributed by atoms with Crippen LogP contribution in [0.25, 0.3) is 0 Å². The van der Waals surface area contributed by atoms with Crippen LogP contribution in [0.5, 0.6) is 5.75 Å². The third-order valence-corrected chi connectivity index (χ3v) is 7.09. The monoisotopic (exact) mass is 656 g/mol. The Morgan fingerprint density at radius 3 is 2.12 bits per heavy atom. The van der Waals surface area contributed by atoms with Gasteiger partial charge in [0.15, 0.2) is 0 Å². The number of sulfonamides is 1. The van der Waals surface area contributed by atoms with Crippen LogP contribution in [0.3, 0.4) is 0 Å². The second kappa shape index (κ2) is 17.3. The van der Waals surface area contributed by atoms with E-state index in [0.29, 0.717) is 29.3 Å². The van der Waals surface area contributed by atoms with E-state index in [2.05, 4.69) is 15.4 Å². The van der Waals surface area contributed by atoms with Crippen molar-refractivity contribution in [2.75, 3.05) is 13.7 Å². The van der Waals surface area contributed by atoms with Gasteiger partial charge in [-0.15, -0.1) is 0 Å². The van der Waals surface area contributed by atoms with Crippen molar-refractivity contribution in [1.29, 1.82) is 0 Å². The Labute approximate surface area is 247 Å². The number of amides is 3. The fraction of sp³-hybridized carbons (Fsp3) is 0.391. The molecule has 1 fully saturated rings. The molecule has 40 heavy (non-hydrogen) atoms. The predicted octanol–water partition coefficient (Wildman–Crippen LogP) is 2.18. The summed E-state index contributed by atoms with van der Waals surface area (Å²) in [7, 11) is -7.66. The molecule has 0 aromatic heterocycles. The molecule has 3 rings (SSSR count). The van der Waals surface area contributed by atoms with Crippen molar-refractivity contribution >= 4 is 44.0 Å². The molecule has 3 amide bonds. The van der Waals surface area contributed by atoms with E-state index >= 15 is 0 Å². The van der Waals surface area contributed by atoms with Gasteiger partial charge in [0.2, 0.25) is 0 Å². The molecule has 17 heteroatoms. The van der Waals surface area contributed by atoms with Crippen LogP contribution in [0, 0.1) is 0 Å². The van der Waals surface area contributed by atoms with E-state index in [1.165, 1.54) is 25.3 Å². The molecule has 219 valence electrons. The van der Waals surface area contributed by atoms with Gasteiger partial charge in [-0.05, 0) is 55.2 Å². The maximum absolute atomic E-state index is 12.5. The van der Waals surface area contributed by atoms with Crippen molar-refractivity contribution < 1.29 is 61.3 Å². The van der Waals surface area contributed by atoms with Gasteiger partial charge in [-0.3, -0.25) is 13.2 Å². The van der Waals surface area contributed by atoms with Crippen LogP contribution in [0.2, 0.25) is 5.02 Å². The SMILES string of the molecule is COc1ccc(Cl)cc1C(=O)NCCc1ccc(S(=O)(=O)NC(=O)NC2CCCCC2)cc1.O=S(=O)([O-])[O-].[O]=[V+2]. The third-order valence-electron chi connectivity index (χ3n) is 5.51. The van der Waals surface area contributed by atoms with Crippen LogP contribution in [0.1, 0.15) is 48.0 Å². The summed E-state index contributed by atoms with van der Waals surface area (Å²) in [4.78, 5) is 24.5. The molecule has 0 unspecified atom stereocenters. The van der Waals surface area contributed by atoms with Crippen LogP contribution in [-0.4, -0.2) is 57.6 Å². The van der Waals surface area contributed by atoms with Crippen LogP contribution in [0.4, 0.5) is 4.79 Å². The van der Waals surface area contributed by atoms with E-state index < -0.39 is 26.5 Å². The fourth-order valence-electron chi connectivity index (χ4n) is 3.75. The summed E-state index contributed by atoms with van der Waals surface area (Å²) in [6.45, 7) is 0.336. The fourth-order valence-corrected chi connectivity index (χ4v) is 4.84. The summed E-state index contributed by atoms with van der Waals surface area (Å²) < 4.78 is 74.5. The molecular weight excluding hydrogens is 629 g/mol. The van der Waals surface area contributed by atoms with Gasteiger partial charge in [0.05, 0.1) is 17.6 Å². The first-order valence-electron chi connectivity index (χ1n) is 11.7. The summed E-state index contributed by atoms with van der Waals surface area (Å²) in [5.41, 5.74) is 1.17. The number of carbonyl (C=O) groups excluding carboxylic acids is 2. The first kappa shape index (κ1) is 35.5. The number of ether oxygens (including phenoxy) is 1. The standard InChI is InChI=1S/C23H28ClN3O5S.H2O4S.O.V/c1-32-21-12-9-17(24)15-20(21)22(28)25-14-13-16-7-10-19(11-8-16)33(30,31)27-23(29)26-18-5-3-2-4-6-18;1-5(2,3)4;;/h7-12,15,18H,2-6,13-14H2,1H3,(H,25,28)(H2,26,27,29);(H2,1,2,3,4);;/q;;;+2/p-2. The molecule has 0 bridgehead atoms. The van der Waals surface area contributed by atoms with E-state index in [9.17, 15) is 18.0 Å². The van der Waals surface area contributed by atoms with Crippen LogP contribution in [0.15, 0.2) is 47.4 Å². The van der Waals surface area contributed by atoms with E-state index in [4.69, 9.17) is 37.5 Å². The molecule has 0 spiro atoms. The van der Waals surface area contributed by atoms with Crippen molar-refractivity contribution in [2.24, 2.45) is 0 Å². The number of nitrogens with one attached hydrogen (secondary N) is 3. The average Bonchev–Trinajstić information content (AvgIpc) is 2.89. The average molecular weight is 657 g/mol. The molecule has 13 nitrogen and oxygen atoms in total. The van der Waals surface area contributed by atoms with Gasteiger partial charge in [-0.2, -0.15) is 0 Å². The van der Waals surface area contributed by atoms with Crippen LogP contribution in [-0.2, 0) is 47.9 Å². The van der Waals surface area contributed by atoms with Gasteiger partial charge in [0, 0.05) is 28.0 Å². The van der Waals surface area contributed by atoms with E-state index in [1.807, 2.05) is 0 Å². The number of benzene rings is 2. The second-order valence-electron chi connectivity index (χ2n) is 8.32. The van der Waals surface area contributed by atoms with Crippen LogP contribution >= 0.6 is 11.6 Å². The number of hydrogen-bond donors (Lipinski definition) is 3. The summed E-state index contributed by atoms with van der Waals surface area (Å²) >= 11 is 7.03. The van der Waals surface area contributed by atoms with Crippen molar-refractivity contribution in [3.63, 3.8) is 0 Å². The molecule has 1 aliphatic carbocycles. The quantitative estimate of drug-likeness (QED) is 0.278. The summed E-state index contributed by atoms with van der Waals surface area (Å²) in [5.74, 6) is 0.105. The zero-order valence-electron chi connectivity index (χ0n) is 21.3. The maximum atomic E-state index is 12.5. The van der Waals surface area contributed by atoms with Gasteiger partial charge in [0.1, 0.15) is 5.75 Å². The molecule has 2 aromatic carbocycles. The first-order valence-corrected chi connectivity index (χ1v) is 15.4. The van der Waals surface area contributed by atoms with Crippen molar-refractivity contribution in [3.8, 4) is 5.75 Å². The Bertz CT molecular complexity index is 1330. The Morgan fingerprint density at radius 1 is 1.00 bits per heavy atom.